The standard InChI is InChI=1S/C16H29N3O3/c1-4-17-9-11-19(12-10-17)15(20)13(2)18-7-5-14(6-8-18)16(21)22-3/h13-14H,4-12H2,1-3H3/t13-/m1/s1. The molecule has 6 nitrogen and oxygen atoms in total. The molecule has 0 aliphatic carbocycles. The Balaban J connectivity index is 1.81. The predicted molar refractivity (Wildman–Crippen MR) is 84.5 cm³/mol. The lowest BCUT2D eigenvalue weighted by atomic mass is 9.96. The van der Waals surface area contributed by atoms with Gasteiger partial charge < -0.3 is 14.5 Å². The summed E-state index contributed by atoms with van der Waals surface area (Å²) in [6, 6.07) is -0.0910. The van der Waals surface area contributed by atoms with Crippen LogP contribution in [0.3, 0.4) is 0 Å². The third kappa shape index (κ3) is 3.98. The predicted octanol–water partition coefficient (Wildman–Crippen LogP) is 0.424. The molecule has 126 valence electrons. The molecule has 2 aliphatic heterocycles. The number of methoxy groups -OCH3 is 1. The van der Waals surface area contributed by atoms with Crippen molar-refractivity contribution >= 4 is 11.9 Å². The number of hydrogen-bond acceptors (Lipinski definition) is 5. The molecule has 0 spiro atoms. The zero-order valence-corrected chi connectivity index (χ0v) is 14.1. The summed E-state index contributed by atoms with van der Waals surface area (Å²) in [5.74, 6) is 0.109. The molecule has 2 fully saturated rings. The van der Waals surface area contributed by atoms with E-state index in [1.807, 2.05) is 11.8 Å². The summed E-state index contributed by atoms with van der Waals surface area (Å²) in [7, 11) is 1.44. The quantitative estimate of drug-likeness (QED) is 0.705. The second-order valence-electron chi connectivity index (χ2n) is 6.27. The van der Waals surface area contributed by atoms with E-state index in [9.17, 15) is 9.59 Å². The Labute approximate surface area is 133 Å². The van der Waals surface area contributed by atoms with E-state index >= 15 is 0 Å². The van der Waals surface area contributed by atoms with Gasteiger partial charge in [-0.15, -0.1) is 0 Å². The van der Waals surface area contributed by atoms with Gasteiger partial charge in [-0.05, 0) is 39.4 Å². The monoisotopic (exact) mass is 311 g/mol. The van der Waals surface area contributed by atoms with Gasteiger partial charge in [-0.25, -0.2) is 0 Å². The number of rotatable bonds is 4. The third-order valence-corrected chi connectivity index (χ3v) is 5.10. The van der Waals surface area contributed by atoms with Gasteiger partial charge in [-0.3, -0.25) is 14.5 Å². The first-order valence-electron chi connectivity index (χ1n) is 8.39. The van der Waals surface area contributed by atoms with Crippen molar-refractivity contribution in [2.45, 2.75) is 32.7 Å². The molecule has 0 N–H and O–H groups in total. The lowest BCUT2D eigenvalue weighted by Gasteiger charge is -2.39. The molecule has 2 rings (SSSR count). The van der Waals surface area contributed by atoms with Crippen molar-refractivity contribution in [3.63, 3.8) is 0 Å². The van der Waals surface area contributed by atoms with Gasteiger partial charge in [0.15, 0.2) is 0 Å². The topological polar surface area (TPSA) is 53.1 Å². The zero-order valence-electron chi connectivity index (χ0n) is 14.1. The molecule has 0 bridgehead atoms. The minimum Gasteiger partial charge on any atom is -0.469 e. The molecule has 0 aromatic carbocycles. The molecule has 22 heavy (non-hydrogen) atoms. The molecule has 2 aliphatic rings. The fraction of sp³-hybridized carbons (Fsp3) is 0.875. The first kappa shape index (κ1) is 17.2. The minimum absolute atomic E-state index is 0.00310. The fourth-order valence-electron chi connectivity index (χ4n) is 3.39. The maximum atomic E-state index is 12.6. The Morgan fingerprint density at radius 2 is 1.68 bits per heavy atom. The Hall–Kier alpha value is -1.14. The number of amides is 1. The number of carbonyl (C=O) groups is 2. The molecule has 0 aromatic rings. The number of esters is 1. The van der Waals surface area contributed by atoms with E-state index in [-0.39, 0.29) is 23.8 Å². The molecule has 0 saturated carbocycles. The van der Waals surface area contributed by atoms with E-state index in [1.54, 1.807) is 0 Å². The van der Waals surface area contributed by atoms with Crippen molar-refractivity contribution in [3.05, 3.63) is 0 Å². The number of likely N-dealkylation sites (N-methyl/N-ethyl adjacent to an activating group) is 1. The van der Waals surface area contributed by atoms with Crippen molar-refractivity contribution in [1.82, 2.24) is 14.7 Å². The second-order valence-corrected chi connectivity index (χ2v) is 6.27. The van der Waals surface area contributed by atoms with Gasteiger partial charge in [0, 0.05) is 26.2 Å². The average Bonchev–Trinajstić information content (AvgIpc) is 2.60. The fourth-order valence-corrected chi connectivity index (χ4v) is 3.39. The number of piperazine rings is 1. The Bertz CT molecular complexity index is 386. The highest BCUT2D eigenvalue weighted by Gasteiger charge is 2.32. The van der Waals surface area contributed by atoms with Gasteiger partial charge >= 0.3 is 5.97 Å². The molecule has 2 saturated heterocycles. The van der Waals surface area contributed by atoms with Crippen LogP contribution in [0.5, 0.6) is 0 Å². The normalized spacial score (nSPS) is 23.3. The zero-order chi connectivity index (χ0) is 16.1. The van der Waals surface area contributed by atoms with Gasteiger partial charge in [0.25, 0.3) is 0 Å². The van der Waals surface area contributed by atoms with E-state index in [2.05, 4.69) is 16.7 Å². The molecule has 1 atom stereocenters. The van der Waals surface area contributed by atoms with Crippen molar-refractivity contribution in [2.24, 2.45) is 5.92 Å². The molecule has 1 amide bonds. The molecule has 0 unspecified atom stereocenters. The molecule has 6 heteroatoms. The van der Waals surface area contributed by atoms with Crippen LogP contribution in [0.2, 0.25) is 0 Å². The Morgan fingerprint density at radius 3 is 2.18 bits per heavy atom. The highest BCUT2D eigenvalue weighted by atomic mass is 16.5. The number of carbonyl (C=O) groups excluding carboxylic acids is 2. The minimum atomic E-state index is -0.116. The van der Waals surface area contributed by atoms with E-state index in [0.717, 1.165) is 58.7 Å². The number of ether oxygens (including phenoxy) is 1. The third-order valence-electron chi connectivity index (χ3n) is 5.10. The van der Waals surface area contributed by atoms with Crippen LogP contribution in [0.1, 0.15) is 26.7 Å². The summed E-state index contributed by atoms with van der Waals surface area (Å²) in [5, 5.41) is 0. The number of nitrogens with zero attached hydrogens (tertiary/aromatic N) is 3. The summed E-state index contributed by atoms with van der Waals surface area (Å²) in [6.07, 6.45) is 1.57. The van der Waals surface area contributed by atoms with Crippen LogP contribution in [0.15, 0.2) is 0 Å². The van der Waals surface area contributed by atoms with Crippen LogP contribution in [-0.4, -0.2) is 85.5 Å². The van der Waals surface area contributed by atoms with Crippen LogP contribution in [0, 0.1) is 5.92 Å². The van der Waals surface area contributed by atoms with Crippen molar-refractivity contribution in [1.29, 1.82) is 0 Å². The van der Waals surface area contributed by atoms with Crippen LogP contribution in [-0.2, 0) is 14.3 Å². The van der Waals surface area contributed by atoms with E-state index < -0.39 is 0 Å². The Kier molecular flexibility index (Phi) is 6.20. The number of likely N-dealkylation sites (tertiary alicyclic amines) is 1. The van der Waals surface area contributed by atoms with Gasteiger partial charge in [0.2, 0.25) is 5.91 Å². The largest absolute Gasteiger partial charge is 0.469 e. The van der Waals surface area contributed by atoms with E-state index in [4.69, 9.17) is 4.74 Å². The van der Waals surface area contributed by atoms with Crippen LogP contribution in [0.4, 0.5) is 0 Å². The molecular weight excluding hydrogens is 282 g/mol. The highest BCUT2D eigenvalue weighted by molar-refractivity contribution is 5.81. The van der Waals surface area contributed by atoms with Gasteiger partial charge in [0.1, 0.15) is 0 Å². The number of piperidine rings is 1. The first-order chi connectivity index (χ1) is 10.6. The van der Waals surface area contributed by atoms with Crippen molar-refractivity contribution in [3.8, 4) is 0 Å². The van der Waals surface area contributed by atoms with Gasteiger partial charge in [-0.1, -0.05) is 6.92 Å². The SMILES string of the molecule is CCN1CCN(C(=O)[C@@H](C)N2CCC(C(=O)OC)CC2)CC1. The molecule has 0 radical (unpaired) electrons. The second kappa shape index (κ2) is 7.92. The molecular formula is C16H29N3O3. The van der Waals surface area contributed by atoms with Crippen LogP contribution < -0.4 is 0 Å². The van der Waals surface area contributed by atoms with Crippen LogP contribution in [0.25, 0.3) is 0 Å². The average molecular weight is 311 g/mol. The summed E-state index contributed by atoms with van der Waals surface area (Å²) < 4.78 is 4.81. The molecule has 0 aromatic heterocycles. The number of hydrogen-bond donors (Lipinski definition) is 0. The summed E-state index contributed by atoms with van der Waals surface area (Å²) >= 11 is 0. The Morgan fingerprint density at radius 1 is 1.09 bits per heavy atom. The van der Waals surface area contributed by atoms with Gasteiger partial charge in [0.05, 0.1) is 19.1 Å². The molecule has 2 heterocycles. The lowest BCUT2D eigenvalue weighted by molar-refractivity contribution is -0.147. The van der Waals surface area contributed by atoms with Crippen LogP contribution >= 0.6 is 0 Å². The maximum absolute atomic E-state index is 12.6. The summed E-state index contributed by atoms with van der Waals surface area (Å²) in [6.45, 7) is 10.4. The van der Waals surface area contributed by atoms with Crippen molar-refractivity contribution < 1.29 is 14.3 Å². The summed E-state index contributed by atoms with van der Waals surface area (Å²) in [5.41, 5.74) is 0. The smallest absolute Gasteiger partial charge is 0.308 e. The van der Waals surface area contributed by atoms with Crippen molar-refractivity contribution in [2.75, 3.05) is 52.9 Å². The lowest BCUT2D eigenvalue weighted by Crippen LogP contribution is -2.55. The first-order valence-corrected chi connectivity index (χ1v) is 8.39. The van der Waals surface area contributed by atoms with Gasteiger partial charge in [-0.2, -0.15) is 0 Å². The highest BCUT2D eigenvalue weighted by Crippen LogP contribution is 2.21. The summed E-state index contributed by atoms with van der Waals surface area (Å²) in [4.78, 5) is 30.8. The van der Waals surface area contributed by atoms with E-state index in [1.165, 1.54) is 7.11 Å². The van der Waals surface area contributed by atoms with E-state index in [0.29, 0.717) is 0 Å². The maximum Gasteiger partial charge on any atom is 0.308 e.